The molecule has 0 atom stereocenters. The lowest BCUT2D eigenvalue weighted by atomic mass is 10.2. The number of rotatable bonds is 9. The standard InChI is InChI=1S/C25H31N3O4S2/c1-3-11-28(34(30,31)22-7-4-19(2)5-8-22)21-6-9-23-20(17-21)18-24(33-23)25(29)26-10-12-27-13-15-32-16-14-27/h4-9,17-18H,3,10-16H2,1-2H3,(H,26,29). The lowest BCUT2D eigenvalue weighted by Gasteiger charge is -2.26. The number of nitrogens with zero attached hydrogens (tertiary/aromatic N) is 2. The minimum Gasteiger partial charge on any atom is -0.379 e. The number of benzene rings is 2. The molecule has 3 aromatic rings. The van der Waals surface area contributed by atoms with Crippen LogP contribution < -0.4 is 9.62 Å². The second kappa shape index (κ2) is 10.9. The van der Waals surface area contributed by atoms with E-state index in [0.717, 1.165) is 48.5 Å². The summed E-state index contributed by atoms with van der Waals surface area (Å²) in [5.74, 6) is -0.103. The molecule has 1 aliphatic heterocycles. The van der Waals surface area contributed by atoms with E-state index >= 15 is 0 Å². The largest absolute Gasteiger partial charge is 0.379 e. The van der Waals surface area contributed by atoms with E-state index in [0.29, 0.717) is 30.1 Å². The van der Waals surface area contributed by atoms with Crippen LogP contribution >= 0.6 is 11.3 Å². The summed E-state index contributed by atoms with van der Waals surface area (Å²) in [5, 5.41) is 3.86. The monoisotopic (exact) mass is 501 g/mol. The van der Waals surface area contributed by atoms with Crippen LogP contribution in [0.1, 0.15) is 28.6 Å². The average molecular weight is 502 g/mol. The number of amides is 1. The first-order valence-corrected chi connectivity index (χ1v) is 13.9. The summed E-state index contributed by atoms with van der Waals surface area (Å²) in [6.45, 7) is 8.90. The van der Waals surface area contributed by atoms with E-state index in [9.17, 15) is 13.2 Å². The van der Waals surface area contributed by atoms with Gasteiger partial charge in [-0.2, -0.15) is 0 Å². The topological polar surface area (TPSA) is 79.0 Å². The molecule has 182 valence electrons. The van der Waals surface area contributed by atoms with Crippen LogP contribution in [0.25, 0.3) is 10.1 Å². The van der Waals surface area contributed by atoms with Gasteiger partial charge < -0.3 is 10.1 Å². The number of aryl methyl sites for hydroxylation is 1. The Morgan fingerprint density at radius 3 is 2.56 bits per heavy atom. The van der Waals surface area contributed by atoms with Gasteiger partial charge in [-0.25, -0.2) is 8.42 Å². The van der Waals surface area contributed by atoms with Gasteiger partial charge in [0.15, 0.2) is 0 Å². The number of nitrogens with one attached hydrogen (secondary N) is 1. The van der Waals surface area contributed by atoms with E-state index in [-0.39, 0.29) is 10.8 Å². The molecule has 1 amide bonds. The molecule has 4 rings (SSSR count). The van der Waals surface area contributed by atoms with Crippen molar-refractivity contribution in [3.63, 3.8) is 0 Å². The second-order valence-corrected chi connectivity index (χ2v) is 11.4. The highest BCUT2D eigenvalue weighted by atomic mass is 32.2. The predicted octanol–water partition coefficient (Wildman–Crippen LogP) is 3.88. The summed E-state index contributed by atoms with van der Waals surface area (Å²) in [6, 6.07) is 14.3. The zero-order valence-electron chi connectivity index (χ0n) is 19.6. The third-order valence-corrected chi connectivity index (χ3v) is 8.82. The van der Waals surface area contributed by atoms with Gasteiger partial charge >= 0.3 is 0 Å². The predicted molar refractivity (Wildman–Crippen MR) is 137 cm³/mol. The minimum atomic E-state index is -3.69. The zero-order chi connectivity index (χ0) is 24.1. The molecule has 1 N–H and O–H groups in total. The van der Waals surface area contributed by atoms with E-state index in [2.05, 4.69) is 10.2 Å². The SMILES string of the molecule is CCCN(c1ccc2sc(C(=O)NCCN3CCOCC3)cc2c1)S(=O)(=O)c1ccc(C)cc1. The summed E-state index contributed by atoms with van der Waals surface area (Å²) in [6.07, 6.45) is 0.684. The van der Waals surface area contributed by atoms with Gasteiger partial charge in [-0.3, -0.25) is 14.0 Å². The van der Waals surface area contributed by atoms with Gasteiger partial charge in [0, 0.05) is 37.4 Å². The fourth-order valence-electron chi connectivity index (χ4n) is 3.97. The number of morpholine rings is 1. The normalized spacial score (nSPS) is 14.9. The van der Waals surface area contributed by atoms with Crippen molar-refractivity contribution >= 4 is 43.0 Å². The maximum atomic E-state index is 13.4. The lowest BCUT2D eigenvalue weighted by Crippen LogP contribution is -2.41. The number of sulfonamides is 1. The Bertz CT molecular complexity index is 1230. The molecule has 0 radical (unpaired) electrons. The molecular formula is C25H31N3O4S2. The average Bonchev–Trinajstić information content (AvgIpc) is 3.27. The summed E-state index contributed by atoms with van der Waals surface area (Å²) in [7, 11) is -3.69. The van der Waals surface area contributed by atoms with Crippen molar-refractivity contribution in [2.75, 3.05) is 50.2 Å². The van der Waals surface area contributed by atoms with Gasteiger partial charge in [0.05, 0.1) is 28.7 Å². The summed E-state index contributed by atoms with van der Waals surface area (Å²) >= 11 is 1.42. The van der Waals surface area contributed by atoms with Crippen molar-refractivity contribution in [3.8, 4) is 0 Å². The third kappa shape index (κ3) is 5.60. The molecule has 1 fully saturated rings. The van der Waals surface area contributed by atoms with Gasteiger partial charge in [0.1, 0.15) is 0 Å². The Hall–Kier alpha value is -2.46. The number of hydrogen-bond acceptors (Lipinski definition) is 6. The molecule has 34 heavy (non-hydrogen) atoms. The van der Waals surface area contributed by atoms with Gasteiger partial charge in [-0.05, 0) is 55.1 Å². The molecule has 1 aliphatic rings. The van der Waals surface area contributed by atoms with Crippen LogP contribution in [0.4, 0.5) is 5.69 Å². The van der Waals surface area contributed by atoms with E-state index in [1.165, 1.54) is 15.6 Å². The number of carbonyl (C=O) groups excluding carboxylic acids is 1. The molecule has 2 heterocycles. The summed E-state index contributed by atoms with van der Waals surface area (Å²) < 4.78 is 34.5. The molecule has 0 aliphatic carbocycles. The maximum Gasteiger partial charge on any atom is 0.264 e. The molecule has 0 spiro atoms. The van der Waals surface area contributed by atoms with E-state index in [4.69, 9.17) is 4.74 Å². The van der Waals surface area contributed by atoms with E-state index in [1.807, 2.05) is 50.2 Å². The van der Waals surface area contributed by atoms with Gasteiger partial charge in [-0.1, -0.05) is 24.6 Å². The van der Waals surface area contributed by atoms with Crippen molar-refractivity contribution < 1.29 is 17.9 Å². The first-order chi connectivity index (χ1) is 16.4. The fraction of sp³-hybridized carbons (Fsp3) is 0.400. The first-order valence-electron chi connectivity index (χ1n) is 11.6. The smallest absolute Gasteiger partial charge is 0.264 e. The Morgan fingerprint density at radius 2 is 1.85 bits per heavy atom. The quantitative estimate of drug-likeness (QED) is 0.482. The molecular weight excluding hydrogens is 470 g/mol. The summed E-state index contributed by atoms with van der Waals surface area (Å²) in [4.78, 5) is 15.9. The molecule has 0 saturated carbocycles. The van der Waals surface area contributed by atoms with Crippen molar-refractivity contribution in [2.24, 2.45) is 0 Å². The highest BCUT2D eigenvalue weighted by Crippen LogP contribution is 2.32. The van der Waals surface area contributed by atoms with Crippen LogP contribution in [0.2, 0.25) is 0 Å². The van der Waals surface area contributed by atoms with Crippen LogP contribution in [0.3, 0.4) is 0 Å². The van der Waals surface area contributed by atoms with Crippen molar-refractivity contribution in [1.82, 2.24) is 10.2 Å². The van der Waals surface area contributed by atoms with Gasteiger partial charge in [0.25, 0.3) is 15.9 Å². The lowest BCUT2D eigenvalue weighted by molar-refractivity contribution is 0.0383. The number of carbonyl (C=O) groups is 1. The fourth-order valence-corrected chi connectivity index (χ4v) is 6.47. The minimum absolute atomic E-state index is 0.103. The molecule has 1 aromatic heterocycles. The Kier molecular flexibility index (Phi) is 7.88. The summed E-state index contributed by atoms with van der Waals surface area (Å²) in [5.41, 5.74) is 1.61. The van der Waals surface area contributed by atoms with E-state index < -0.39 is 10.0 Å². The van der Waals surface area contributed by atoms with E-state index in [1.54, 1.807) is 12.1 Å². The molecule has 0 unspecified atom stereocenters. The molecule has 0 bridgehead atoms. The number of ether oxygens (including phenoxy) is 1. The van der Waals surface area contributed by atoms with Crippen LogP contribution in [0.15, 0.2) is 53.4 Å². The number of fused-ring (bicyclic) bond motifs is 1. The molecule has 1 saturated heterocycles. The maximum absolute atomic E-state index is 13.4. The Labute approximate surface area is 205 Å². The van der Waals surface area contributed by atoms with Crippen molar-refractivity contribution in [3.05, 3.63) is 59.0 Å². The van der Waals surface area contributed by atoms with Gasteiger partial charge in [0.2, 0.25) is 0 Å². The molecule has 9 heteroatoms. The highest BCUT2D eigenvalue weighted by molar-refractivity contribution is 7.92. The van der Waals surface area contributed by atoms with Crippen LogP contribution in [0, 0.1) is 6.92 Å². The Morgan fingerprint density at radius 1 is 1.12 bits per heavy atom. The first kappa shape index (κ1) is 24.7. The van der Waals surface area contributed by atoms with Crippen molar-refractivity contribution in [2.45, 2.75) is 25.2 Å². The number of thiophene rings is 1. The zero-order valence-corrected chi connectivity index (χ0v) is 21.3. The number of anilines is 1. The molecule has 2 aromatic carbocycles. The van der Waals surface area contributed by atoms with Crippen LogP contribution in [-0.4, -0.2) is 65.2 Å². The van der Waals surface area contributed by atoms with Gasteiger partial charge in [-0.15, -0.1) is 11.3 Å². The van der Waals surface area contributed by atoms with Crippen LogP contribution in [0.5, 0.6) is 0 Å². The number of hydrogen-bond donors (Lipinski definition) is 1. The third-order valence-electron chi connectivity index (χ3n) is 5.86. The molecule has 7 nitrogen and oxygen atoms in total. The second-order valence-electron chi connectivity index (χ2n) is 8.43. The van der Waals surface area contributed by atoms with Crippen molar-refractivity contribution in [1.29, 1.82) is 0 Å². The highest BCUT2D eigenvalue weighted by Gasteiger charge is 2.25. The Balaban J connectivity index is 1.51. The van der Waals surface area contributed by atoms with Crippen LogP contribution in [-0.2, 0) is 14.8 Å².